The molecule has 0 aliphatic heterocycles. The third-order valence-corrected chi connectivity index (χ3v) is 4.46. The van der Waals surface area contributed by atoms with Crippen LogP contribution < -0.4 is 10.1 Å². The first kappa shape index (κ1) is 16.1. The van der Waals surface area contributed by atoms with Gasteiger partial charge in [0.05, 0.1) is 13.2 Å². The number of hydrogen-bond acceptors (Lipinski definition) is 2. The first-order valence-electron chi connectivity index (χ1n) is 7.17. The van der Waals surface area contributed by atoms with Crippen molar-refractivity contribution in [1.82, 2.24) is 5.32 Å². The van der Waals surface area contributed by atoms with Gasteiger partial charge in [-0.15, -0.1) is 0 Å². The summed E-state index contributed by atoms with van der Waals surface area (Å²) in [5.74, 6) is 1.42. The molecule has 0 heterocycles. The number of rotatable bonds is 5. The van der Waals surface area contributed by atoms with Gasteiger partial charge in [-0.25, -0.2) is 0 Å². The Morgan fingerprint density at radius 1 is 1.00 bits per heavy atom. The van der Waals surface area contributed by atoms with E-state index in [1.54, 1.807) is 7.11 Å². The van der Waals surface area contributed by atoms with E-state index in [0.717, 1.165) is 10.2 Å². The number of ether oxygens (including phenoxy) is 1. The Hall–Kier alpha value is -1.32. The highest BCUT2D eigenvalue weighted by atomic mass is 79.9. The van der Waals surface area contributed by atoms with E-state index in [-0.39, 0.29) is 6.04 Å². The zero-order valence-electron chi connectivity index (χ0n) is 13.0. The highest BCUT2D eigenvalue weighted by Crippen LogP contribution is 2.32. The molecule has 0 radical (unpaired) electrons. The van der Waals surface area contributed by atoms with Gasteiger partial charge in [-0.05, 0) is 47.9 Å². The van der Waals surface area contributed by atoms with Crippen molar-refractivity contribution >= 4 is 15.9 Å². The maximum absolute atomic E-state index is 5.34. The topological polar surface area (TPSA) is 21.3 Å². The van der Waals surface area contributed by atoms with Crippen LogP contribution in [0.15, 0.2) is 46.9 Å². The van der Waals surface area contributed by atoms with E-state index in [4.69, 9.17) is 4.74 Å². The molecular weight excluding hydrogens is 326 g/mol. The van der Waals surface area contributed by atoms with E-state index in [2.05, 4.69) is 65.4 Å². The molecule has 2 rings (SSSR count). The maximum Gasteiger partial charge on any atom is 0.119 e. The van der Waals surface area contributed by atoms with E-state index in [1.807, 2.05) is 19.2 Å². The molecular formula is C18H22BrNO. The van der Waals surface area contributed by atoms with Crippen LogP contribution in [0.2, 0.25) is 0 Å². The van der Waals surface area contributed by atoms with Crippen molar-refractivity contribution in [2.24, 2.45) is 0 Å². The van der Waals surface area contributed by atoms with Crippen molar-refractivity contribution in [3.63, 3.8) is 0 Å². The van der Waals surface area contributed by atoms with Crippen LogP contribution in [-0.2, 0) is 0 Å². The number of hydrogen-bond donors (Lipinski definition) is 1. The van der Waals surface area contributed by atoms with Crippen LogP contribution in [0.25, 0.3) is 0 Å². The summed E-state index contributed by atoms with van der Waals surface area (Å²) < 4.78 is 6.42. The Labute approximate surface area is 135 Å². The summed E-state index contributed by atoms with van der Waals surface area (Å²) in [6.45, 7) is 4.42. The highest BCUT2D eigenvalue weighted by Gasteiger charge is 2.16. The van der Waals surface area contributed by atoms with Gasteiger partial charge in [-0.2, -0.15) is 0 Å². The van der Waals surface area contributed by atoms with Gasteiger partial charge >= 0.3 is 0 Å². The fraction of sp³-hybridized carbons (Fsp3) is 0.333. The second-order valence-electron chi connectivity index (χ2n) is 5.43. The van der Waals surface area contributed by atoms with Gasteiger partial charge in [0.1, 0.15) is 5.75 Å². The predicted octanol–water partition coefficient (Wildman–Crippen LogP) is 4.89. The smallest absolute Gasteiger partial charge is 0.119 e. The molecule has 0 aliphatic carbocycles. The predicted molar refractivity (Wildman–Crippen MR) is 92.1 cm³/mol. The van der Waals surface area contributed by atoms with E-state index < -0.39 is 0 Å². The van der Waals surface area contributed by atoms with Gasteiger partial charge in [0, 0.05) is 4.47 Å². The molecule has 21 heavy (non-hydrogen) atoms. The molecule has 2 nitrogen and oxygen atoms in total. The lowest BCUT2D eigenvalue weighted by Gasteiger charge is -2.20. The number of methoxy groups -OCH3 is 1. The fourth-order valence-corrected chi connectivity index (χ4v) is 2.92. The summed E-state index contributed by atoms with van der Waals surface area (Å²) in [5, 5.41) is 3.39. The minimum absolute atomic E-state index is 0.135. The lowest BCUT2D eigenvalue weighted by Crippen LogP contribution is -2.18. The van der Waals surface area contributed by atoms with Crippen molar-refractivity contribution in [3.05, 3.63) is 63.6 Å². The maximum atomic E-state index is 5.34. The fourth-order valence-electron chi connectivity index (χ4n) is 2.45. The number of nitrogens with one attached hydrogen (secondary N) is 1. The SMILES string of the molecule is CNC(c1ccc(C(C)C)cc1)c1cc(OC)ccc1Br. The van der Waals surface area contributed by atoms with Gasteiger partial charge in [-0.3, -0.25) is 0 Å². The lowest BCUT2D eigenvalue weighted by atomic mass is 9.95. The van der Waals surface area contributed by atoms with Crippen LogP contribution in [-0.4, -0.2) is 14.2 Å². The zero-order valence-corrected chi connectivity index (χ0v) is 14.6. The Balaban J connectivity index is 2.39. The van der Waals surface area contributed by atoms with E-state index >= 15 is 0 Å². The molecule has 0 saturated carbocycles. The third kappa shape index (κ3) is 3.66. The van der Waals surface area contributed by atoms with E-state index in [9.17, 15) is 0 Å². The monoisotopic (exact) mass is 347 g/mol. The quantitative estimate of drug-likeness (QED) is 0.831. The summed E-state index contributed by atoms with van der Waals surface area (Å²) in [4.78, 5) is 0. The Morgan fingerprint density at radius 3 is 2.14 bits per heavy atom. The summed E-state index contributed by atoms with van der Waals surface area (Å²) in [7, 11) is 3.67. The summed E-state index contributed by atoms with van der Waals surface area (Å²) in [6.07, 6.45) is 0. The second-order valence-corrected chi connectivity index (χ2v) is 6.28. The van der Waals surface area contributed by atoms with Crippen molar-refractivity contribution < 1.29 is 4.74 Å². The summed E-state index contributed by atoms with van der Waals surface area (Å²) in [5.41, 5.74) is 3.78. The molecule has 0 bridgehead atoms. The van der Waals surface area contributed by atoms with Gasteiger partial charge < -0.3 is 10.1 Å². The molecule has 0 amide bonds. The first-order valence-corrected chi connectivity index (χ1v) is 7.96. The first-order chi connectivity index (χ1) is 10.1. The molecule has 0 saturated heterocycles. The molecule has 112 valence electrons. The van der Waals surface area contributed by atoms with Crippen molar-refractivity contribution in [1.29, 1.82) is 0 Å². The van der Waals surface area contributed by atoms with Crippen molar-refractivity contribution in [3.8, 4) is 5.75 Å². The lowest BCUT2D eigenvalue weighted by molar-refractivity contribution is 0.413. The van der Waals surface area contributed by atoms with Crippen LogP contribution in [0.3, 0.4) is 0 Å². The van der Waals surface area contributed by atoms with Crippen LogP contribution in [0.4, 0.5) is 0 Å². The standard InChI is InChI=1S/C18H22BrNO/c1-12(2)13-5-7-14(8-6-13)18(20-3)16-11-15(21-4)9-10-17(16)19/h5-12,18,20H,1-4H3. The highest BCUT2D eigenvalue weighted by molar-refractivity contribution is 9.10. The largest absolute Gasteiger partial charge is 0.497 e. The molecule has 1 atom stereocenters. The van der Waals surface area contributed by atoms with Crippen molar-refractivity contribution in [2.45, 2.75) is 25.8 Å². The second kappa shape index (κ2) is 7.10. The minimum atomic E-state index is 0.135. The Bertz CT molecular complexity index is 593. The van der Waals surface area contributed by atoms with Gasteiger partial charge in [0.25, 0.3) is 0 Å². The van der Waals surface area contributed by atoms with E-state index in [0.29, 0.717) is 5.92 Å². The average molecular weight is 348 g/mol. The summed E-state index contributed by atoms with van der Waals surface area (Å²) >= 11 is 3.64. The molecule has 0 aliphatic rings. The molecule has 2 aromatic rings. The van der Waals surface area contributed by atoms with Crippen molar-refractivity contribution in [2.75, 3.05) is 14.2 Å². The van der Waals surface area contributed by atoms with Crippen LogP contribution >= 0.6 is 15.9 Å². The average Bonchev–Trinajstić information content (AvgIpc) is 2.50. The Kier molecular flexibility index (Phi) is 5.43. The van der Waals surface area contributed by atoms with Crippen LogP contribution in [0.5, 0.6) is 5.75 Å². The molecule has 1 unspecified atom stereocenters. The molecule has 0 spiro atoms. The minimum Gasteiger partial charge on any atom is -0.497 e. The van der Waals surface area contributed by atoms with Crippen LogP contribution in [0.1, 0.15) is 42.5 Å². The number of benzene rings is 2. The number of halogens is 1. The normalized spacial score (nSPS) is 12.5. The molecule has 0 aromatic heterocycles. The van der Waals surface area contributed by atoms with Gasteiger partial charge in [0.15, 0.2) is 0 Å². The van der Waals surface area contributed by atoms with Gasteiger partial charge in [-0.1, -0.05) is 54.0 Å². The zero-order chi connectivity index (χ0) is 15.4. The molecule has 2 aromatic carbocycles. The van der Waals surface area contributed by atoms with E-state index in [1.165, 1.54) is 16.7 Å². The molecule has 0 fully saturated rings. The Morgan fingerprint density at radius 2 is 1.62 bits per heavy atom. The summed E-state index contributed by atoms with van der Waals surface area (Å²) in [6, 6.07) is 15.0. The molecule has 3 heteroatoms. The molecule has 1 N–H and O–H groups in total. The van der Waals surface area contributed by atoms with Crippen LogP contribution in [0, 0.1) is 0 Å². The van der Waals surface area contributed by atoms with Gasteiger partial charge in [0.2, 0.25) is 0 Å². The third-order valence-electron chi connectivity index (χ3n) is 3.74.